The van der Waals surface area contributed by atoms with Gasteiger partial charge in [-0.1, -0.05) is 24.3 Å². The van der Waals surface area contributed by atoms with Crippen LogP contribution in [0, 0.1) is 11.3 Å². The third kappa shape index (κ3) is 6.84. The lowest BCUT2D eigenvalue weighted by Gasteiger charge is -2.28. The Labute approximate surface area is 244 Å². The maximum absolute atomic E-state index is 12.9. The summed E-state index contributed by atoms with van der Waals surface area (Å²) in [6.45, 7) is 0.583. The van der Waals surface area contributed by atoms with Crippen LogP contribution in [-0.2, 0) is 13.0 Å². The first-order chi connectivity index (χ1) is 19.1. The van der Waals surface area contributed by atoms with Crippen molar-refractivity contribution in [3.8, 4) is 23.1 Å². The first-order valence-corrected chi connectivity index (χ1v) is 13.3. The summed E-state index contributed by atoms with van der Waals surface area (Å²) in [4.78, 5) is 11.0. The third-order valence-electron chi connectivity index (χ3n) is 6.99. The van der Waals surface area contributed by atoms with Gasteiger partial charge in [-0.15, -0.1) is 33.9 Å². The standard InChI is InChI=1S/C27H26F3N7O2S.ClH/c1-37(25-19-9-18(11-27(28,29)30)40-26(19)34-14-33-25)22-7-17(8-23(22)38)32-13-15-3-5-16(6-4-15)20-10-24(39-2)21(12-31)36-35-20;/h3-6,9-10,14,17,22-23,32,38H,7-8,11,13H2,1-2H3;1H/t17-,22+,23-;/m1./s1. The second-order valence-electron chi connectivity index (χ2n) is 9.67. The van der Waals surface area contributed by atoms with Gasteiger partial charge in [0.05, 0.1) is 36.8 Å². The van der Waals surface area contributed by atoms with E-state index in [1.54, 1.807) is 13.1 Å². The summed E-state index contributed by atoms with van der Waals surface area (Å²) in [5.74, 6) is 0.874. The molecule has 1 aliphatic carbocycles. The van der Waals surface area contributed by atoms with Gasteiger partial charge in [0.1, 0.15) is 23.0 Å². The Hall–Kier alpha value is -3.57. The summed E-state index contributed by atoms with van der Waals surface area (Å²) in [6.07, 6.45) is -3.42. The second kappa shape index (κ2) is 12.5. The quantitative estimate of drug-likeness (QED) is 0.295. The minimum absolute atomic E-state index is 0. The fourth-order valence-electron chi connectivity index (χ4n) is 5.00. The normalized spacial score (nSPS) is 18.6. The van der Waals surface area contributed by atoms with Crippen LogP contribution < -0.4 is 15.0 Å². The highest BCUT2D eigenvalue weighted by atomic mass is 35.5. The molecule has 0 aliphatic heterocycles. The van der Waals surface area contributed by atoms with Crippen molar-refractivity contribution in [1.82, 2.24) is 25.5 Å². The number of likely N-dealkylation sites (N-methyl/N-ethyl adjacent to an activating group) is 1. The summed E-state index contributed by atoms with van der Waals surface area (Å²) in [5.41, 5.74) is 2.59. The van der Waals surface area contributed by atoms with Crippen LogP contribution in [0.5, 0.6) is 5.75 Å². The zero-order chi connectivity index (χ0) is 28.4. The van der Waals surface area contributed by atoms with Crippen LogP contribution in [0.3, 0.4) is 0 Å². The topological polar surface area (TPSA) is 120 Å². The zero-order valence-electron chi connectivity index (χ0n) is 22.1. The van der Waals surface area contributed by atoms with E-state index < -0.39 is 18.7 Å². The minimum atomic E-state index is -4.30. The summed E-state index contributed by atoms with van der Waals surface area (Å²) in [7, 11) is 3.28. The fourth-order valence-corrected chi connectivity index (χ4v) is 6.02. The number of halogens is 4. The predicted molar refractivity (Wildman–Crippen MR) is 151 cm³/mol. The molecule has 14 heteroatoms. The molecule has 5 rings (SSSR count). The van der Waals surface area contributed by atoms with Crippen molar-refractivity contribution in [2.45, 2.75) is 50.2 Å². The molecule has 0 unspecified atom stereocenters. The summed E-state index contributed by atoms with van der Waals surface area (Å²) < 4.78 is 44.0. The number of nitrogens with one attached hydrogen (secondary N) is 1. The lowest BCUT2D eigenvalue weighted by molar-refractivity contribution is -0.126. The van der Waals surface area contributed by atoms with Gasteiger partial charge in [-0.3, -0.25) is 0 Å². The summed E-state index contributed by atoms with van der Waals surface area (Å²) >= 11 is 1.01. The molecule has 1 aromatic carbocycles. The molecular weight excluding hydrogens is 579 g/mol. The minimum Gasteiger partial charge on any atom is -0.494 e. The van der Waals surface area contributed by atoms with Gasteiger partial charge in [0.15, 0.2) is 5.75 Å². The Morgan fingerprint density at radius 1 is 1.17 bits per heavy atom. The van der Waals surface area contributed by atoms with Gasteiger partial charge in [-0.05, 0) is 24.5 Å². The van der Waals surface area contributed by atoms with Gasteiger partial charge >= 0.3 is 6.18 Å². The maximum Gasteiger partial charge on any atom is 0.393 e. The Morgan fingerprint density at radius 2 is 1.93 bits per heavy atom. The number of hydrogen-bond donors (Lipinski definition) is 2. The van der Waals surface area contributed by atoms with Crippen LogP contribution >= 0.6 is 23.7 Å². The predicted octanol–water partition coefficient (Wildman–Crippen LogP) is 4.67. The molecule has 0 spiro atoms. The molecule has 3 aromatic heterocycles. The molecule has 1 aliphatic rings. The fraction of sp³-hybridized carbons (Fsp3) is 0.370. The highest BCUT2D eigenvalue weighted by molar-refractivity contribution is 7.18. The average molecular weight is 606 g/mol. The number of anilines is 1. The van der Waals surface area contributed by atoms with E-state index in [-0.39, 0.29) is 35.1 Å². The van der Waals surface area contributed by atoms with E-state index in [4.69, 9.17) is 10.00 Å². The van der Waals surface area contributed by atoms with E-state index in [2.05, 4.69) is 25.5 Å². The van der Waals surface area contributed by atoms with Crippen molar-refractivity contribution in [2.24, 2.45) is 0 Å². The molecule has 41 heavy (non-hydrogen) atoms. The zero-order valence-corrected chi connectivity index (χ0v) is 23.7. The van der Waals surface area contributed by atoms with Gasteiger partial charge in [0, 0.05) is 36.1 Å². The van der Waals surface area contributed by atoms with E-state index in [1.807, 2.05) is 35.2 Å². The summed E-state index contributed by atoms with van der Waals surface area (Å²) in [6, 6.07) is 12.7. The molecule has 1 saturated carbocycles. The number of ether oxygens (including phenoxy) is 1. The van der Waals surface area contributed by atoms with Gasteiger partial charge in [0.25, 0.3) is 0 Å². The number of methoxy groups -OCH3 is 1. The molecule has 216 valence electrons. The van der Waals surface area contributed by atoms with E-state index >= 15 is 0 Å². The first kappa shape index (κ1) is 30.4. The van der Waals surface area contributed by atoms with Crippen LogP contribution in [0.1, 0.15) is 29.0 Å². The molecule has 9 nitrogen and oxygen atoms in total. The van der Waals surface area contributed by atoms with E-state index in [1.165, 1.54) is 19.5 Å². The lowest BCUT2D eigenvalue weighted by atomic mass is 10.1. The number of aromatic nitrogens is 4. The van der Waals surface area contributed by atoms with Gasteiger partial charge in [0.2, 0.25) is 5.69 Å². The van der Waals surface area contributed by atoms with Gasteiger partial charge < -0.3 is 20.1 Å². The maximum atomic E-state index is 12.9. The number of alkyl halides is 3. The number of hydrogen-bond acceptors (Lipinski definition) is 10. The summed E-state index contributed by atoms with van der Waals surface area (Å²) in [5, 5.41) is 32.0. The van der Waals surface area contributed by atoms with Crippen molar-refractivity contribution < 1.29 is 23.0 Å². The molecule has 3 heterocycles. The second-order valence-corrected chi connectivity index (χ2v) is 10.8. The van der Waals surface area contributed by atoms with Crippen LogP contribution in [-0.4, -0.2) is 63.8 Å². The van der Waals surface area contributed by atoms with Crippen molar-refractivity contribution in [3.05, 3.63) is 58.9 Å². The Kier molecular flexibility index (Phi) is 9.28. The Balaban J connectivity index is 0.00000387. The molecule has 0 amide bonds. The monoisotopic (exact) mass is 605 g/mol. The third-order valence-corrected chi connectivity index (χ3v) is 8.03. The van der Waals surface area contributed by atoms with E-state index in [0.29, 0.717) is 46.9 Å². The molecule has 3 atom stereocenters. The molecular formula is C27H27ClF3N7O2S. The molecule has 2 N–H and O–H groups in total. The van der Waals surface area contributed by atoms with Crippen LogP contribution in [0.4, 0.5) is 19.0 Å². The Morgan fingerprint density at radius 3 is 2.61 bits per heavy atom. The van der Waals surface area contributed by atoms with E-state index in [9.17, 15) is 18.3 Å². The SMILES string of the molecule is COc1cc(-c2ccc(CN[C@H]3C[C@@H](O)[C@@H](N(C)c4ncnc5sc(CC(F)(F)F)cc45)C3)cc2)nnc1C#N.Cl. The van der Waals surface area contributed by atoms with E-state index in [0.717, 1.165) is 22.5 Å². The van der Waals surface area contributed by atoms with Crippen molar-refractivity contribution in [3.63, 3.8) is 0 Å². The van der Waals surface area contributed by atoms with Crippen molar-refractivity contribution in [1.29, 1.82) is 5.26 Å². The number of benzene rings is 1. The van der Waals surface area contributed by atoms with Crippen molar-refractivity contribution >= 4 is 39.8 Å². The number of rotatable bonds is 8. The number of aliphatic hydroxyl groups excluding tert-OH is 1. The lowest BCUT2D eigenvalue weighted by Crippen LogP contribution is -2.38. The average Bonchev–Trinajstić information content (AvgIpc) is 3.52. The number of nitriles is 1. The van der Waals surface area contributed by atoms with Crippen LogP contribution in [0.2, 0.25) is 0 Å². The first-order valence-electron chi connectivity index (χ1n) is 12.5. The smallest absolute Gasteiger partial charge is 0.393 e. The molecule has 0 bridgehead atoms. The van der Waals surface area contributed by atoms with Gasteiger partial charge in [-0.2, -0.15) is 18.4 Å². The largest absolute Gasteiger partial charge is 0.494 e. The number of fused-ring (bicyclic) bond motifs is 1. The van der Waals surface area contributed by atoms with Crippen molar-refractivity contribution in [2.75, 3.05) is 19.1 Å². The van der Waals surface area contributed by atoms with Crippen LogP contribution in [0.25, 0.3) is 21.5 Å². The number of aliphatic hydroxyl groups is 1. The number of thiophene rings is 1. The molecule has 0 saturated heterocycles. The molecule has 4 aromatic rings. The molecule has 0 radical (unpaired) electrons. The van der Waals surface area contributed by atoms with Gasteiger partial charge in [-0.25, -0.2) is 9.97 Å². The van der Waals surface area contributed by atoms with Crippen LogP contribution in [0.15, 0.2) is 42.7 Å². The molecule has 1 fully saturated rings. The number of nitrogens with zero attached hydrogens (tertiary/aromatic N) is 6. The highest BCUT2D eigenvalue weighted by Gasteiger charge is 2.37. The highest BCUT2D eigenvalue weighted by Crippen LogP contribution is 2.36. The Bertz CT molecular complexity index is 1540.